The van der Waals surface area contributed by atoms with E-state index < -0.39 is 5.97 Å². The fourth-order valence-electron chi connectivity index (χ4n) is 1.08. The maximum atomic E-state index is 8.91. The van der Waals surface area contributed by atoms with Crippen LogP contribution in [0.1, 0.15) is 39.0 Å². The molecule has 0 aromatic carbocycles. The van der Waals surface area contributed by atoms with Crippen LogP contribution in [0.5, 0.6) is 0 Å². The molecule has 0 bridgehead atoms. The molecule has 0 heterocycles. The van der Waals surface area contributed by atoms with Crippen LogP contribution in [0.3, 0.4) is 0 Å². The second kappa shape index (κ2) is 13.0. The molecule has 5 heteroatoms. The largest absolute Gasteiger partial charge is 2.00 e. The summed E-state index contributed by atoms with van der Waals surface area (Å²) >= 11 is 0. The smallest absolute Gasteiger partial charge is 1.00 e. The number of rotatable bonds is 0. The Kier molecular flexibility index (Phi) is 19.5. The van der Waals surface area contributed by atoms with E-state index in [1.54, 1.807) is 0 Å². The van der Waals surface area contributed by atoms with E-state index in [2.05, 4.69) is 0 Å². The topological polar surface area (TPSA) is 60.4 Å². The number of hydrogen-bond donors (Lipinski definition) is 1. The van der Waals surface area contributed by atoms with Crippen molar-refractivity contribution in [2.75, 3.05) is 0 Å². The number of aliphatic hydroxyl groups is 1. The molecule has 0 aromatic rings. The molecule has 0 spiro atoms. The number of aliphatic carboxylic acids is 1. The fourth-order valence-corrected chi connectivity index (χ4v) is 1.08. The molecule has 0 saturated heterocycles. The van der Waals surface area contributed by atoms with Gasteiger partial charge in [-0.3, -0.25) is 0 Å². The van der Waals surface area contributed by atoms with Gasteiger partial charge in [0.2, 0.25) is 0 Å². The molecular formula is C8H15CaClO3. The summed E-state index contributed by atoms with van der Waals surface area (Å²) in [6.07, 6.45) is 5.92. The van der Waals surface area contributed by atoms with Crippen molar-refractivity contribution >= 4 is 43.7 Å². The van der Waals surface area contributed by atoms with Gasteiger partial charge in [-0.05, 0) is 19.8 Å². The molecule has 0 atom stereocenters. The van der Waals surface area contributed by atoms with Crippen LogP contribution >= 0.6 is 0 Å². The first-order chi connectivity index (χ1) is 5.13. The van der Waals surface area contributed by atoms with E-state index in [1.165, 1.54) is 19.3 Å². The summed E-state index contributed by atoms with van der Waals surface area (Å²) in [6.45, 7) is 0.972. The Labute approximate surface area is 115 Å². The van der Waals surface area contributed by atoms with E-state index in [9.17, 15) is 0 Å². The van der Waals surface area contributed by atoms with Crippen molar-refractivity contribution in [2.24, 2.45) is 0 Å². The number of carbonyl (C=O) groups is 1. The third-order valence-corrected chi connectivity index (χ3v) is 1.57. The number of halogens is 1. The minimum absolute atomic E-state index is 0. The molecule has 0 aromatic heterocycles. The van der Waals surface area contributed by atoms with Gasteiger partial charge in [-0.25, -0.2) is 0 Å². The molecule has 74 valence electrons. The van der Waals surface area contributed by atoms with Crippen molar-refractivity contribution in [3.05, 3.63) is 0 Å². The maximum Gasteiger partial charge on any atom is 2.00 e. The number of aliphatic hydroxyl groups excluding tert-OH is 1. The van der Waals surface area contributed by atoms with Crippen LogP contribution in [-0.4, -0.2) is 54.9 Å². The van der Waals surface area contributed by atoms with Crippen LogP contribution in [-0.2, 0) is 4.79 Å². The monoisotopic (exact) mass is 234 g/mol. The first kappa shape index (κ1) is 19.5. The molecule has 1 fully saturated rings. The average molecular weight is 235 g/mol. The molecule has 1 aliphatic rings. The van der Waals surface area contributed by atoms with Gasteiger partial charge in [-0.2, -0.15) is 0 Å². The van der Waals surface area contributed by atoms with E-state index in [4.69, 9.17) is 15.0 Å². The Balaban J connectivity index is -0.000000150. The zero-order valence-electron chi connectivity index (χ0n) is 7.96. The molecule has 0 amide bonds. The molecular weight excluding hydrogens is 220 g/mol. The zero-order valence-corrected chi connectivity index (χ0v) is 10.9. The third kappa shape index (κ3) is 19.4. The normalized spacial score (nSPS) is 15.5. The van der Waals surface area contributed by atoms with Crippen LogP contribution in [0.2, 0.25) is 0 Å². The van der Waals surface area contributed by atoms with Crippen molar-refractivity contribution in [1.82, 2.24) is 0 Å². The summed E-state index contributed by atoms with van der Waals surface area (Å²) in [7, 11) is 0. The summed E-state index contributed by atoms with van der Waals surface area (Å²) in [5, 5.41) is 17.8. The third-order valence-electron chi connectivity index (χ3n) is 1.57. The van der Waals surface area contributed by atoms with Crippen molar-refractivity contribution in [3.63, 3.8) is 0 Å². The average Bonchev–Trinajstić information content (AvgIpc) is 1.87. The second-order valence-electron chi connectivity index (χ2n) is 2.78. The Bertz CT molecular complexity index is 112. The quantitative estimate of drug-likeness (QED) is 0.447. The van der Waals surface area contributed by atoms with Gasteiger partial charge in [-0.1, -0.05) is 19.3 Å². The van der Waals surface area contributed by atoms with Crippen LogP contribution in [0.4, 0.5) is 0 Å². The van der Waals surface area contributed by atoms with Crippen LogP contribution in [0, 0.1) is 0 Å². The molecule has 0 aliphatic heterocycles. The van der Waals surface area contributed by atoms with Crippen LogP contribution in [0.25, 0.3) is 0 Å². The molecule has 13 heavy (non-hydrogen) atoms. The Morgan fingerprint density at radius 3 is 1.77 bits per heavy atom. The van der Waals surface area contributed by atoms with Gasteiger partial charge in [0.05, 0.1) is 6.10 Å². The van der Waals surface area contributed by atoms with Crippen molar-refractivity contribution in [2.45, 2.75) is 45.1 Å². The van der Waals surface area contributed by atoms with Crippen molar-refractivity contribution < 1.29 is 27.4 Å². The van der Waals surface area contributed by atoms with Crippen molar-refractivity contribution in [1.29, 1.82) is 0 Å². The van der Waals surface area contributed by atoms with E-state index in [1.807, 2.05) is 0 Å². The van der Waals surface area contributed by atoms with Gasteiger partial charge in [0.25, 0.3) is 0 Å². The van der Waals surface area contributed by atoms with E-state index >= 15 is 0 Å². The number of carboxylic acids is 1. The van der Waals surface area contributed by atoms with Gasteiger partial charge in [-0.15, -0.1) is 0 Å². The molecule has 1 saturated carbocycles. The summed E-state index contributed by atoms with van der Waals surface area (Å²) in [5.74, 6) is -1.08. The molecule has 1 N–H and O–H groups in total. The Morgan fingerprint density at radius 1 is 1.31 bits per heavy atom. The zero-order chi connectivity index (χ0) is 8.69. The standard InChI is InChI=1S/C6H12O.C2H4O2.Ca.ClH/c7-6-4-2-1-3-5-6;1-2(3)4;;/h6-7H,1-5H2;1H3,(H,3,4);;1H/q;;+2;/p-2. The summed E-state index contributed by atoms with van der Waals surface area (Å²) in [5.41, 5.74) is 0. The van der Waals surface area contributed by atoms with Crippen LogP contribution < -0.4 is 17.5 Å². The van der Waals surface area contributed by atoms with Gasteiger partial charge >= 0.3 is 37.7 Å². The molecule has 0 unspecified atom stereocenters. The van der Waals surface area contributed by atoms with Gasteiger partial charge in [0.1, 0.15) is 0 Å². The van der Waals surface area contributed by atoms with Gasteiger partial charge < -0.3 is 27.4 Å². The maximum absolute atomic E-state index is 8.91. The minimum Gasteiger partial charge on any atom is -1.00 e. The summed E-state index contributed by atoms with van der Waals surface area (Å²) in [4.78, 5) is 8.89. The van der Waals surface area contributed by atoms with Crippen LogP contribution in [0.15, 0.2) is 0 Å². The predicted octanol–water partition coefficient (Wildman–Crippen LogP) is -3.31. The SMILES string of the molecule is CC(=O)[O-].OC1CCCCC1.[Ca+2].[Cl-]. The number of carboxylic acid groups (broad SMARTS) is 1. The van der Waals surface area contributed by atoms with Gasteiger partial charge in [0, 0.05) is 5.97 Å². The number of hydrogen-bond acceptors (Lipinski definition) is 3. The predicted molar refractivity (Wildman–Crippen MR) is 45.5 cm³/mol. The first-order valence-electron chi connectivity index (χ1n) is 3.98. The van der Waals surface area contributed by atoms with Gasteiger partial charge in [0.15, 0.2) is 0 Å². The van der Waals surface area contributed by atoms with E-state index in [0.717, 1.165) is 19.8 Å². The fraction of sp³-hybridized carbons (Fsp3) is 0.875. The molecule has 1 rings (SSSR count). The first-order valence-corrected chi connectivity index (χ1v) is 3.98. The number of carbonyl (C=O) groups excluding carboxylic acids is 1. The minimum atomic E-state index is -1.08. The molecule has 1 aliphatic carbocycles. The summed E-state index contributed by atoms with van der Waals surface area (Å²) < 4.78 is 0. The summed E-state index contributed by atoms with van der Waals surface area (Å²) in [6, 6.07) is 0. The van der Waals surface area contributed by atoms with Crippen molar-refractivity contribution in [3.8, 4) is 0 Å². The second-order valence-corrected chi connectivity index (χ2v) is 2.78. The Hall–Kier alpha value is 0.980. The molecule has 3 nitrogen and oxygen atoms in total. The van der Waals surface area contributed by atoms with E-state index in [0.29, 0.717) is 0 Å². The van der Waals surface area contributed by atoms with E-state index in [-0.39, 0.29) is 56.2 Å². The Morgan fingerprint density at radius 2 is 1.62 bits per heavy atom. The molecule has 0 radical (unpaired) electrons.